The lowest BCUT2D eigenvalue weighted by Gasteiger charge is -2.38. The molecule has 6 rings (SSSR count). The van der Waals surface area contributed by atoms with Gasteiger partial charge < -0.3 is 18.9 Å². The van der Waals surface area contributed by atoms with Gasteiger partial charge in [-0.1, -0.05) is 17.3 Å². The molecule has 184 valence electrons. The van der Waals surface area contributed by atoms with Gasteiger partial charge in [0.25, 0.3) is 0 Å². The number of para-hydroxylation sites is 1. The Morgan fingerprint density at radius 1 is 0.971 bits per heavy atom. The van der Waals surface area contributed by atoms with Gasteiger partial charge in [0.2, 0.25) is 5.95 Å². The second kappa shape index (κ2) is 8.82. The standard InChI is InChI=1S/C25H25F3N4O3/c26-25(27,28)34-21-5-2-1-4-19(21)22-20(23(35-31-22)15-6-7-15)14-33-18-12-16-8-9-17(13-18)32(16)24-29-10-3-11-30-24/h1-5,10-11,15-18H,6-9,12-14H2. The highest BCUT2D eigenvalue weighted by atomic mass is 19.4. The van der Waals surface area contributed by atoms with Crippen LogP contribution in [-0.2, 0) is 11.3 Å². The van der Waals surface area contributed by atoms with Crippen molar-refractivity contribution in [2.75, 3.05) is 4.90 Å². The Labute approximate surface area is 200 Å². The Balaban J connectivity index is 1.22. The van der Waals surface area contributed by atoms with Crippen molar-refractivity contribution >= 4 is 5.95 Å². The molecule has 2 aromatic heterocycles. The number of anilines is 1. The minimum absolute atomic E-state index is 0.0314. The lowest BCUT2D eigenvalue weighted by Crippen LogP contribution is -2.46. The molecule has 1 saturated carbocycles. The fourth-order valence-corrected chi connectivity index (χ4v) is 5.43. The topological polar surface area (TPSA) is 73.5 Å². The summed E-state index contributed by atoms with van der Waals surface area (Å²) in [6, 6.07) is 8.46. The molecule has 2 unspecified atom stereocenters. The summed E-state index contributed by atoms with van der Waals surface area (Å²) in [7, 11) is 0. The van der Waals surface area contributed by atoms with Crippen molar-refractivity contribution in [3.63, 3.8) is 0 Å². The fraction of sp³-hybridized carbons (Fsp3) is 0.480. The number of hydrogen-bond donors (Lipinski definition) is 0. The number of alkyl halides is 3. The zero-order chi connectivity index (χ0) is 24.0. The maximum absolute atomic E-state index is 13.0. The van der Waals surface area contributed by atoms with Gasteiger partial charge >= 0.3 is 6.36 Å². The second-order valence-corrected chi connectivity index (χ2v) is 9.44. The third-order valence-corrected chi connectivity index (χ3v) is 7.07. The van der Waals surface area contributed by atoms with Gasteiger partial charge in [-0.25, -0.2) is 9.97 Å². The second-order valence-electron chi connectivity index (χ2n) is 9.44. The molecule has 0 N–H and O–H groups in total. The first kappa shape index (κ1) is 22.3. The fourth-order valence-electron chi connectivity index (χ4n) is 5.43. The summed E-state index contributed by atoms with van der Waals surface area (Å²) in [4.78, 5) is 11.2. The lowest BCUT2D eigenvalue weighted by molar-refractivity contribution is -0.274. The van der Waals surface area contributed by atoms with E-state index in [1.54, 1.807) is 24.5 Å². The molecule has 3 aromatic rings. The molecule has 2 saturated heterocycles. The molecule has 1 aromatic carbocycles. The van der Waals surface area contributed by atoms with E-state index < -0.39 is 6.36 Å². The number of halogens is 3. The van der Waals surface area contributed by atoms with E-state index in [1.165, 1.54) is 12.1 Å². The predicted molar refractivity (Wildman–Crippen MR) is 120 cm³/mol. The van der Waals surface area contributed by atoms with Crippen LogP contribution >= 0.6 is 0 Å². The highest BCUT2D eigenvalue weighted by molar-refractivity contribution is 5.70. The minimum atomic E-state index is -4.80. The van der Waals surface area contributed by atoms with Crippen LogP contribution < -0.4 is 9.64 Å². The normalized spacial score (nSPS) is 24.1. The summed E-state index contributed by atoms with van der Waals surface area (Å²) in [5, 5.41) is 4.17. The summed E-state index contributed by atoms with van der Waals surface area (Å²) in [5.74, 6) is 1.40. The number of rotatable bonds is 7. The van der Waals surface area contributed by atoms with E-state index in [-0.39, 0.29) is 29.9 Å². The quantitative estimate of drug-likeness (QED) is 0.429. The molecule has 7 nitrogen and oxygen atoms in total. The molecule has 2 atom stereocenters. The number of piperidine rings is 1. The molecule has 1 aliphatic carbocycles. The lowest BCUT2D eigenvalue weighted by atomic mass is 9.99. The number of aromatic nitrogens is 3. The number of hydrogen-bond acceptors (Lipinski definition) is 7. The summed E-state index contributed by atoms with van der Waals surface area (Å²) in [6.07, 6.45) is 4.53. The molecular weight excluding hydrogens is 461 g/mol. The Hall–Kier alpha value is -3.14. The van der Waals surface area contributed by atoms with Gasteiger partial charge in [-0.05, 0) is 56.7 Å². The van der Waals surface area contributed by atoms with Crippen molar-refractivity contribution in [1.29, 1.82) is 0 Å². The van der Waals surface area contributed by atoms with Crippen LogP contribution in [0.4, 0.5) is 19.1 Å². The molecule has 3 aliphatic rings. The Bertz CT molecular complexity index is 1170. The molecule has 0 amide bonds. The van der Waals surface area contributed by atoms with Gasteiger partial charge in [0.05, 0.1) is 12.7 Å². The third kappa shape index (κ3) is 4.59. The SMILES string of the molecule is FC(F)(F)Oc1ccccc1-c1noc(C2CC2)c1COC1CC2CCC(C1)N2c1ncccn1. The van der Waals surface area contributed by atoms with E-state index in [0.717, 1.165) is 44.5 Å². The van der Waals surface area contributed by atoms with Crippen LogP contribution in [0.25, 0.3) is 11.3 Å². The van der Waals surface area contributed by atoms with Gasteiger partial charge in [0, 0.05) is 41.5 Å². The molecule has 4 heterocycles. The van der Waals surface area contributed by atoms with Crippen molar-refractivity contribution in [2.45, 2.75) is 75.6 Å². The summed E-state index contributed by atoms with van der Waals surface area (Å²) < 4.78 is 55.3. The highest BCUT2D eigenvalue weighted by Gasteiger charge is 2.43. The zero-order valence-corrected chi connectivity index (χ0v) is 18.9. The van der Waals surface area contributed by atoms with Crippen LogP contribution in [-0.4, -0.2) is 39.7 Å². The van der Waals surface area contributed by atoms with Crippen molar-refractivity contribution in [3.8, 4) is 17.0 Å². The van der Waals surface area contributed by atoms with Crippen LogP contribution in [0.3, 0.4) is 0 Å². The molecule has 10 heteroatoms. The largest absolute Gasteiger partial charge is 0.573 e. The first-order chi connectivity index (χ1) is 17.0. The number of nitrogens with zero attached hydrogens (tertiary/aromatic N) is 4. The van der Waals surface area contributed by atoms with Crippen LogP contribution in [0, 0.1) is 0 Å². The Kier molecular flexibility index (Phi) is 5.63. The Morgan fingerprint density at radius 2 is 1.69 bits per heavy atom. The third-order valence-electron chi connectivity index (χ3n) is 7.07. The molecule has 2 aliphatic heterocycles. The Morgan fingerprint density at radius 3 is 2.37 bits per heavy atom. The van der Waals surface area contributed by atoms with Crippen molar-refractivity contribution in [1.82, 2.24) is 15.1 Å². The van der Waals surface area contributed by atoms with E-state index >= 15 is 0 Å². The van der Waals surface area contributed by atoms with Crippen LogP contribution in [0.2, 0.25) is 0 Å². The van der Waals surface area contributed by atoms with E-state index in [9.17, 15) is 13.2 Å². The van der Waals surface area contributed by atoms with Crippen molar-refractivity contribution in [2.24, 2.45) is 0 Å². The molecule has 0 spiro atoms. The van der Waals surface area contributed by atoms with Crippen molar-refractivity contribution < 1.29 is 27.2 Å². The maximum atomic E-state index is 13.0. The van der Waals surface area contributed by atoms with Crippen LogP contribution in [0.15, 0.2) is 47.2 Å². The molecule has 35 heavy (non-hydrogen) atoms. The van der Waals surface area contributed by atoms with E-state index in [0.29, 0.717) is 29.1 Å². The summed E-state index contributed by atoms with van der Waals surface area (Å²) in [6.45, 7) is 0.233. The molecular formula is C25H25F3N4O3. The zero-order valence-electron chi connectivity index (χ0n) is 18.9. The van der Waals surface area contributed by atoms with Gasteiger partial charge in [0.15, 0.2) is 0 Å². The first-order valence-corrected chi connectivity index (χ1v) is 12.0. The number of benzene rings is 1. The number of fused-ring (bicyclic) bond motifs is 2. The van der Waals surface area contributed by atoms with Crippen molar-refractivity contribution in [3.05, 3.63) is 54.0 Å². The van der Waals surface area contributed by atoms with Crippen LogP contribution in [0.5, 0.6) is 5.75 Å². The summed E-state index contributed by atoms with van der Waals surface area (Å²) in [5.41, 5.74) is 1.31. The smallest absolute Gasteiger partial charge is 0.405 e. The number of ether oxygens (including phenoxy) is 2. The molecule has 3 fully saturated rings. The average Bonchev–Trinajstić information content (AvgIpc) is 3.54. The predicted octanol–water partition coefficient (Wildman–Crippen LogP) is 5.62. The monoisotopic (exact) mass is 486 g/mol. The molecule has 0 radical (unpaired) electrons. The van der Waals surface area contributed by atoms with Crippen LogP contribution in [0.1, 0.15) is 55.8 Å². The van der Waals surface area contributed by atoms with E-state index in [1.807, 2.05) is 6.07 Å². The van der Waals surface area contributed by atoms with Gasteiger partial charge in [-0.15, -0.1) is 13.2 Å². The molecule has 2 bridgehead atoms. The van der Waals surface area contributed by atoms with Gasteiger partial charge in [-0.3, -0.25) is 0 Å². The summed E-state index contributed by atoms with van der Waals surface area (Å²) >= 11 is 0. The average molecular weight is 486 g/mol. The van der Waals surface area contributed by atoms with Gasteiger partial charge in [0.1, 0.15) is 17.2 Å². The van der Waals surface area contributed by atoms with Gasteiger partial charge in [-0.2, -0.15) is 0 Å². The highest BCUT2D eigenvalue weighted by Crippen LogP contribution is 2.46. The minimum Gasteiger partial charge on any atom is -0.405 e. The first-order valence-electron chi connectivity index (χ1n) is 12.0. The van der Waals surface area contributed by atoms with E-state index in [2.05, 4.69) is 24.8 Å². The van der Waals surface area contributed by atoms with E-state index in [4.69, 9.17) is 9.26 Å². The maximum Gasteiger partial charge on any atom is 0.573 e.